The molecule has 1 aromatic carbocycles. The smallest absolute Gasteiger partial charge is 0.272 e. The van der Waals surface area contributed by atoms with Gasteiger partial charge in [0.15, 0.2) is 0 Å². The fraction of sp³-hybridized carbons (Fsp3) is 0.250. The Morgan fingerprint density at radius 3 is 2.63 bits per heavy atom. The number of pyridine rings is 1. The Kier molecular flexibility index (Phi) is 3.95. The number of rotatable bonds is 3. The molecule has 2 aromatic rings. The first-order valence-electron chi connectivity index (χ1n) is 6.30. The van der Waals surface area contributed by atoms with Crippen LogP contribution in [-0.2, 0) is 6.54 Å². The molecule has 0 radical (unpaired) electrons. The zero-order valence-corrected chi connectivity index (χ0v) is 11.6. The van der Waals surface area contributed by atoms with Crippen LogP contribution in [0.1, 0.15) is 27.2 Å². The number of carbonyl (C=O) groups excluding carboxylic acids is 1. The Morgan fingerprint density at radius 1 is 1.21 bits per heavy atom. The van der Waals surface area contributed by atoms with Crippen LogP contribution in [0.15, 0.2) is 42.6 Å². The molecule has 98 valence electrons. The molecular weight excluding hydrogens is 236 g/mol. The van der Waals surface area contributed by atoms with E-state index in [2.05, 4.69) is 37.0 Å². The predicted octanol–water partition coefficient (Wildman–Crippen LogP) is 2.97. The van der Waals surface area contributed by atoms with Gasteiger partial charge in [-0.15, -0.1) is 0 Å². The van der Waals surface area contributed by atoms with Gasteiger partial charge in [0.1, 0.15) is 5.69 Å². The van der Waals surface area contributed by atoms with Crippen LogP contribution in [0.3, 0.4) is 0 Å². The van der Waals surface area contributed by atoms with Gasteiger partial charge < -0.3 is 4.90 Å². The maximum Gasteiger partial charge on any atom is 0.272 e. The van der Waals surface area contributed by atoms with Crippen molar-refractivity contribution in [1.82, 2.24) is 9.88 Å². The van der Waals surface area contributed by atoms with Crippen molar-refractivity contribution in [1.29, 1.82) is 0 Å². The maximum atomic E-state index is 12.2. The number of aromatic nitrogens is 1. The van der Waals surface area contributed by atoms with E-state index in [0.717, 1.165) is 5.56 Å². The van der Waals surface area contributed by atoms with Crippen LogP contribution in [0.5, 0.6) is 0 Å². The van der Waals surface area contributed by atoms with E-state index in [0.29, 0.717) is 12.2 Å². The lowest BCUT2D eigenvalue weighted by Crippen LogP contribution is -2.27. The number of nitrogens with zero attached hydrogens (tertiary/aromatic N) is 2. The molecule has 3 nitrogen and oxygen atoms in total. The summed E-state index contributed by atoms with van der Waals surface area (Å²) in [4.78, 5) is 18.0. The summed E-state index contributed by atoms with van der Waals surface area (Å²) in [6.45, 7) is 4.74. The molecule has 1 heterocycles. The van der Waals surface area contributed by atoms with Crippen LogP contribution in [0.2, 0.25) is 0 Å². The van der Waals surface area contributed by atoms with Crippen molar-refractivity contribution in [3.63, 3.8) is 0 Å². The second kappa shape index (κ2) is 5.65. The van der Waals surface area contributed by atoms with Crippen molar-refractivity contribution < 1.29 is 4.79 Å². The molecule has 0 atom stereocenters. The minimum Gasteiger partial charge on any atom is -0.336 e. The van der Waals surface area contributed by atoms with Gasteiger partial charge in [0.25, 0.3) is 5.91 Å². The molecule has 0 spiro atoms. The van der Waals surface area contributed by atoms with Gasteiger partial charge in [0.05, 0.1) is 0 Å². The Hall–Kier alpha value is -2.16. The summed E-state index contributed by atoms with van der Waals surface area (Å²) in [5.41, 5.74) is 4.09. The second-order valence-corrected chi connectivity index (χ2v) is 4.81. The van der Waals surface area contributed by atoms with E-state index >= 15 is 0 Å². The molecule has 2 rings (SSSR count). The number of benzene rings is 1. The van der Waals surface area contributed by atoms with Gasteiger partial charge in [0, 0.05) is 19.8 Å². The SMILES string of the molecule is Cc1ccc(CN(C)C(=O)c2ccccn2)c(C)c1. The molecule has 1 aromatic heterocycles. The van der Waals surface area contributed by atoms with Crippen molar-refractivity contribution in [3.05, 3.63) is 65.0 Å². The van der Waals surface area contributed by atoms with E-state index in [1.807, 2.05) is 6.07 Å². The van der Waals surface area contributed by atoms with Gasteiger partial charge >= 0.3 is 0 Å². The van der Waals surface area contributed by atoms with Gasteiger partial charge in [-0.1, -0.05) is 29.8 Å². The van der Waals surface area contributed by atoms with Crippen molar-refractivity contribution in [2.45, 2.75) is 20.4 Å². The molecular formula is C16H18N2O. The number of aryl methyl sites for hydroxylation is 2. The third kappa shape index (κ3) is 3.19. The minimum absolute atomic E-state index is 0.0550. The van der Waals surface area contributed by atoms with Gasteiger partial charge in [0.2, 0.25) is 0 Å². The molecule has 3 heteroatoms. The van der Waals surface area contributed by atoms with Crippen LogP contribution in [0.25, 0.3) is 0 Å². The average Bonchev–Trinajstić information content (AvgIpc) is 2.42. The van der Waals surface area contributed by atoms with E-state index in [4.69, 9.17) is 0 Å². The maximum absolute atomic E-state index is 12.2. The van der Waals surface area contributed by atoms with Gasteiger partial charge in [-0.3, -0.25) is 9.78 Å². The zero-order valence-electron chi connectivity index (χ0n) is 11.6. The molecule has 19 heavy (non-hydrogen) atoms. The van der Waals surface area contributed by atoms with E-state index in [-0.39, 0.29) is 5.91 Å². The molecule has 0 N–H and O–H groups in total. The summed E-state index contributed by atoms with van der Waals surface area (Å²) in [6, 6.07) is 11.6. The standard InChI is InChI=1S/C16H18N2O/c1-12-7-8-14(13(2)10-12)11-18(3)16(19)15-6-4-5-9-17-15/h4-10H,11H2,1-3H3. The molecule has 0 aliphatic carbocycles. The molecule has 0 fully saturated rings. The van der Waals surface area contributed by atoms with Crippen LogP contribution in [-0.4, -0.2) is 22.8 Å². The van der Waals surface area contributed by atoms with E-state index in [1.54, 1.807) is 30.3 Å². The topological polar surface area (TPSA) is 33.2 Å². The molecule has 0 saturated heterocycles. The highest BCUT2D eigenvalue weighted by atomic mass is 16.2. The Bertz CT molecular complexity index is 579. The molecule has 0 aliphatic rings. The van der Waals surface area contributed by atoms with E-state index in [1.165, 1.54) is 11.1 Å². The minimum atomic E-state index is -0.0550. The normalized spacial score (nSPS) is 10.3. The molecule has 0 bridgehead atoms. The third-order valence-electron chi connectivity index (χ3n) is 3.14. The van der Waals surface area contributed by atoms with Crippen molar-refractivity contribution in [2.24, 2.45) is 0 Å². The van der Waals surface area contributed by atoms with Crippen LogP contribution < -0.4 is 0 Å². The third-order valence-corrected chi connectivity index (χ3v) is 3.14. The van der Waals surface area contributed by atoms with E-state index in [9.17, 15) is 4.79 Å². The molecule has 0 unspecified atom stereocenters. The lowest BCUT2D eigenvalue weighted by atomic mass is 10.1. The van der Waals surface area contributed by atoms with Crippen LogP contribution >= 0.6 is 0 Å². The lowest BCUT2D eigenvalue weighted by molar-refractivity contribution is 0.0779. The Labute approximate surface area is 113 Å². The fourth-order valence-corrected chi connectivity index (χ4v) is 2.04. The van der Waals surface area contributed by atoms with Crippen molar-refractivity contribution in [2.75, 3.05) is 7.05 Å². The first kappa shape index (κ1) is 13.3. The monoisotopic (exact) mass is 254 g/mol. The van der Waals surface area contributed by atoms with Crippen molar-refractivity contribution in [3.8, 4) is 0 Å². The second-order valence-electron chi connectivity index (χ2n) is 4.81. The Balaban J connectivity index is 2.13. The number of hydrogen-bond acceptors (Lipinski definition) is 2. The highest BCUT2D eigenvalue weighted by Crippen LogP contribution is 2.13. The average molecular weight is 254 g/mol. The molecule has 0 saturated carbocycles. The number of amides is 1. The number of carbonyl (C=O) groups is 1. The summed E-state index contributed by atoms with van der Waals surface area (Å²) >= 11 is 0. The zero-order chi connectivity index (χ0) is 13.8. The van der Waals surface area contributed by atoms with Crippen LogP contribution in [0.4, 0.5) is 0 Å². The first-order valence-corrected chi connectivity index (χ1v) is 6.30. The van der Waals surface area contributed by atoms with Gasteiger partial charge in [-0.25, -0.2) is 0 Å². The van der Waals surface area contributed by atoms with Crippen molar-refractivity contribution >= 4 is 5.91 Å². The Morgan fingerprint density at radius 2 is 2.00 bits per heavy atom. The van der Waals surface area contributed by atoms with Gasteiger partial charge in [-0.05, 0) is 37.1 Å². The quantitative estimate of drug-likeness (QED) is 0.843. The van der Waals surface area contributed by atoms with E-state index < -0.39 is 0 Å². The fourth-order valence-electron chi connectivity index (χ4n) is 2.04. The summed E-state index contributed by atoms with van der Waals surface area (Å²) in [6.07, 6.45) is 1.64. The van der Waals surface area contributed by atoms with Crippen LogP contribution in [0, 0.1) is 13.8 Å². The largest absolute Gasteiger partial charge is 0.336 e. The summed E-state index contributed by atoms with van der Waals surface area (Å²) in [7, 11) is 1.80. The first-order chi connectivity index (χ1) is 9.08. The van der Waals surface area contributed by atoms with Gasteiger partial charge in [-0.2, -0.15) is 0 Å². The summed E-state index contributed by atoms with van der Waals surface area (Å²) < 4.78 is 0. The molecule has 1 amide bonds. The number of hydrogen-bond donors (Lipinski definition) is 0. The summed E-state index contributed by atoms with van der Waals surface area (Å²) in [5.74, 6) is -0.0550. The molecule has 0 aliphatic heterocycles. The predicted molar refractivity (Wildman–Crippen MR) is 76.0 cm³/mol. The highest BCUT2D eigenvalue weighted by Gasteiger charge is 2.13. The lowest BCUT2D eigenvalue weighted by Gasteiger charge is -2.18. The summed E-state index contributed by atoms with van der Waals surface area (Å²) in [5, 5.41) is 0. The highest BCUT2D eigenvalue weighted by molar-refractivity contribution is 5.92.